The minimum absolute atomic E-state index is 0.0215. The molecule has 0 amide bonds. The van der Waals surface area contributed by atoms with Gasteiger partial charge in [-0.25, -0.2) is 9.78 Å². The fourth-order valence-electron chi connectivity index (χ4n) is 2.72. The van der Waals surface area contributed by atoms with Crippen LogP contribution >= 0.6 is 11.6 Å². The number of fused-ring (bicyclic) bond motifs is 1. The maximum absolute atomic E-state index is 12.7. The number of nitrogens with zero attached hydrogens (tertiary/aromatic N) is 4. The average molecular weight is 376 g/mol. The largest absolute Gasteiger partial charge is 0.462 e. The Balaban J connectivity index is 2.14. The van der Waals surface area contributed by atoms with Crippen molar-refractivity contribution < 1.29 is 9.53 Å². The number of pyridine rings is 1. The third-order valence-electron chi connectivity index (χ3n) is 3.96. The van der Waals surface area contributed by atoms with E-state index in [4.69, 9.17) is 16.3 Å². The topological polar surface area (TPSA) is 91.0 Å². The van der Waals surface area contributed by atoms with Crippen LogP contribution < -0.4 is 10.9 Å². The standard InChI is InChI=1S/C17H18ClN5O3/c1-4-23-7-6-12-13(15(23)24)11(9-22(12)3)20-14-10(16(25)26-5-2)8-19-17(18)21-14/h6-9H,4-5H2,1-3H3,(H,19,20,21). The van der Waals surface area contributed by atoms with E-state index in [1.54, 1.807) is 23.9 Å². The fraction of sp³-hybridized carbons (Fsp3) is 0.294. The lowest BCUT2D eigenvalue weighted by atomic mass is 10.2. The number of anilines is 2. The summed E-state index contributed by atoms with van der Waals surface area (Å²) in [6.07, 6.45) is 4.81. The van der Waals surface area contributed by atoms with E-state index in [1.165, 1.54) is 6.20 Å². The van der Waals surface area contributed by atoms with Crippen LogP contribution in [-0.2, 0) is 18.3 Å². The summed E-state index contributed by atoms with van der Waals surface area (Å²) in [6.45, 7) is 4.37. The minimum atomic E-state index is -0.571. The number of aryl methyl sites for hydroxylation is 2. The molecular weight excluding hydrogens is 358 g/mol. The molecule has 26 heavy (non-hydrogen) atoms. The van der Waals surface area contributed by atoms with Gasteiger partial charge in [-0.3, -0.25) is 4.79 Å². The average Bonchev–Trinajstić information content (AvgIpc) is 2.92. The lowest BCUT2D eigenvalue weighted by Gasteiger charge is -2.10. The molecule has 1 N–H and O–H groups in total. The number of halogens is 1. The molecule has 0 aliphatic carbocycles. The molecule has 0 radical (unpaired) electrons. The van der Waals surface area contributed by atoms with Crippen LogP contribution in [0.15, 0.2) is 29.5 Å². The second kappa shape index (κ2) is 7.17. The number of aromatic nitrogens is 4. The van der Waals surface area contributed by atoms with Gasteiger partial charge in [0.05, 0.1) is 23.2 Å². The Morgan fingerprint density at radius 1 is 1.38 bits per heavy atom. The molecular formula is C17H18ClN5O3. The summed E-state index contributed by atoms with van der Waals surface area (Å²) in [4.78, 5) is 32.8. The first-order valence-electron chi connectivity index (χ1n) is 8.11. The zero-order valence-corrected chi connectivity index (χ0v) is 15.4. The predicted octanol–water partition coefficient (Wildman–Crippen LogP) is 2.72. The SMILES string of the molecule is CCOC(=O)c1cnc(Cl)nc1Nc1cn(C)c2ccn(CC)c(=O)c12. The molecule has 3 aromatic heterocycles. The Kier molecular flexibility index (Phi) is 4.94. The third-order valence-corrected chi connectivity index (χ3v) is 4.15. The van der Waals surface area contributed by atoms with E-state index < -0.39 is 5.97 Å². The van der Waals surface area contributed by atoms with E-state index in [-0.39, 0.29) is 28.8 Å². The fourth-order valence-corrected chi connectivity index (χ4v) is 2.86. The van der Waals surface area contributed by atoms with Gasteiger partial charge < -0.3 is 19.2 Å². The molecule has 3 heterocycles. The summed E-state index contributed by atoms with van der Waals surface area (Å²) in [6, 6.07) is 1.87. The summed E-state index contributed by atoms with van der Waals surface area (Å²) in [5.74, 6) is -0.389. The first kappa shape index (κ1) is 17.9. The van der Waals surface area contributed by atoms with Crippen LogP contribution in [0.5, 0.6) is 0 Å². The van der Waals surface area contributed by atoms with E-state index in [2.05, 4.69) is 15.3 Å². The Morgan fingerprint density at radius 2 is 2.15 bits per heavy atom. The quantitative estimate of drug-likeness (QED) is 0.544. The van der Waals surface area contributed by atoms with Gasteiger partial charge in [0.15, 0.2) is 0 Å². The van der Waals surface area contributed by atoms with E-state index in [9.17, 15) is 9.59 Å². The summed E-state index contributed by atoms with van der Waals surface area (Å²) in [7, 11) is 1.84. The number of carbonyl (C=O) groups excluding carboxylic acids is 1. The highest BCUT2D eigenvalue weighted by atomic mass is 35.5. The molecule has 3 aromatic rings. The highest BCUT2D eigenvalue weighted by Crippen LogP contribution is 2.27. The second-order valence-electron chi connectivity index (χ2n) is 5.57. The van der Waals surface area contributed by atoms with Crippen LogP contribution in [0.2, 0.25) is 5.28 Å². The van der Waals surface area contributed by atoms with Gasteiger partial charge in [-0.1, -0.05) is 0 Å². The number of nitrogens with one attached hydrogen (secondary N) is 1. The van der Waals surface area contributed by atoms with Gasteiger partial charge in [0.2, 0.25) is 5.28 Å². The summed E-state index contributed by atoms with van der Waals surface area (Å²) < 4.78 is 8.46. The second-order valence-corrected chi connectivity index (χ2v) is 5.91. The van der Waals surface area contributed by atoms with Gasteiger partial charge in [-0.05, 0) is 31.5 Å². The normalized spacial score (nSPS) is 10.9. The summed E-state index contributed by atoms with van der Waals surface area (Å²) in [5, 5.41) is 3.52. The molecule has 3 rings (SSSR count). The van der Waals surface area contributed by atoms with Crippen molar-refractivity contribution in [1.82, 2.24) is 19.1 Å². The molecule has 136 valence electrons. The number of rotatable bonds is 5. The van der Waals surface area contributed by atoms with Crippen molar-refractivity contribution in [1.29, 1.82) is 0 Å². The lowest BCUT2D eigenvalue weighted by molar-refractivity contribution is 0.0526. The van der Waals surface area contributed by atoms with Crippen LogP contribution in [0.4, 0.5) is 11.5 Å². The van der Waals surface area contributed by atoms with E-state index in [1.807, 2.05) is 24.6 Å². The van der Waals surface area contributed by atoms with Crippen molar-refractivity contribution >= 4 is 40.0 Å². The van der Waals surface area contributed by atoms with Crippen molar-refractivity contribution in [3.8, 4) is 0 Å². The third kappa shape index (κ3) is 3.15. The molecule has 0 saturated carbocycles. The molecule has 0 aromatic carbocycles. The van der Waals surface area contributed by atoms with Crippen LogP contribution in [0.25, 0.3) is 10.9 Å². The number of ether oxygens (including phenoxy) is 1. The molecule has 8 nitrogen and oxygen atoms in total. The summed E-state index contributed by atoms with van der Waals surface area (Å²) in [5.41, 5.74) is 1.29. The maximum Gasteiger partial charge on any atom is 0.343 e. The van der Waals surface area contributed by atoms with Gasteiger partial charge in [0.1, 0.15) is 11.4 Å². The Morgan fingerprint density at radius 3 is 2.85 bits per heavy atom. The molecule has 0 bridgehead atoms. The number of hydrogen-bond donors (Lipinski definition) is 1. The molecule has 9 heteroatoms. The zero-order chi connectivity index (χ0) is 18.8. The number of carbonyl (C=O) groups is 1. The summed E-state index contributed by atoms with van der Waals surface area (Å²) >= 11 is 5.88. The minimum Gasteiger partial charge on any atom is -0.462 e. The van der Waals surface area contributed by atoms with E-state index >= 15 is 0 Å². The molecule has 0 unspecified atom stereocenters. The highest BCUT2D eigenvalue weighted by Gasteiger charge is 2.19. The monoisotopic (exact) mass is 375 g/mol. The Labute approximate surface area is 154 Å². The van der Waals surface area contributed by atoms with Crippen molar-refractivity contribution in [2.75, 3.05) is 11.9 Å². The lowest BCUT2D eigenvalue weighted by Crippen LogP contribution is -2.18. The van der Waals surface area contributed by atoms with Crippen LogP contribution in [0, 0.1) is 0 Å². The molecule has 0 aliphatic heterocycles. The maximum atomic E-state index is 12.7. The van der Waals surface area contributed by atoms with Gasteiger partial charge in [0, 0.05) is 32.2 Å². The molecule has 0 aliphatic rings. The van der Waals surface area contributed by atoms with Crippen molar-refractivity contribution in [3.63, 3.8) is 0 Å². The van der Waals surface area contributed by atoms with Gasteiger partial charge in [0.25, 0.3) is 5.56 Å². The van der Waals surface area contributed by atoms with Crippen LogP contribution in [0.1, 0.15) is 24.2 Å². The number of hydrogen-bond acceptors (Lipinski definition) is 6. The van der Waals surface area contributed by atoms with E-state index in [0.29, 0.717) is 17.6 Å². The van der Waals surface area contributed by atoms with Crippen molar-refractivity contribution in [2.24, 2.45) is 7.05 Å². The van der Waals surface area contributed by atoms with Gasteiger partial charge in [-0.15, -0.1) is 0 Å². The van der Waals surface area contributed by atoms with Crippen molar-refractivity contribution in [2.45, 2.75) is 20.4 Å². The van der Waals surface area contributed by atoms with Crippen LogP contribution in [0.3, 0.4) is 0 Å². The molecule has 0 spiro atoms. The Bertz CT molecular complexity index is 1040. The zero-order valence-electron chi connectivity index (χ0n) is 14.6. The molecule has 0 atom stereocenters. The Hall–Kier alpha value is -2.87. The molecule has 0 fully saturated rings. The number of esters is 1. The smallest absolute Gasteiger partial charge is 0.343 e. The van der Waals surface area contributed by atoms with Gasteiger partial charge in [-0.2, -0.15) is 4.98 Å². The first-order valence-corrected chi connectivity index (χ1v) is 8.49. The first-order chi connectivity index (χ1) is 12.5. The van der Waals surface area contributed by atoms with Gasteiger partial charge >= 0.3 is 5.97 Å². The predicted molar refractivity (Wildman–Crippen MR) is 99.1 cm³/mol. The highest BCUT2D eigenvalue weighted by molar-refractivity contribution is 6.28. The van der Waals surface area contributed by atoms with Crippen molar-refractivity contribution in [3.05, 3.63) is 45.9 Å². The van der Waals surface area contributed by atoms with E-state index in [0.717, 1.165) is 5.52 Å². The van der Waals surface area contributed by atoms with Crippen LogP contribution in [-0.4, -0.2) is 31.7 Å². The molecule has 0 saturated heterocycles.